The fourth-order valence-electron chi connectivity index (χ4n) is 3.56. The van der Waals surface area contributed by atoms with Gasteiger partial charge < -0.3 is 4.74 Å². The number of ether oxygens (including phenoxy) is 1. The molecule has 18 heavy (non-hydrogen) atoms. The van der Waals surface area contributed by atoms with Crippen LogP contribution in [0.25, 0.3) is 0 Å². The van der Waals surface area contributed by atoms with Gasteiger partial charge in [-0.25, -0.2) is 0 Å². The SMILES string of the molecule is CC1(C)CCC(C(CC2CCOCC2)NN)CC1. The number of rotatable bonds is 4. The molecule has 3 heteroatoms. The van der Waals surface area contributed by atoms with Crippen molar-refractivity contribution in [3.63, 3.8) is 0 Å². The van der Waals surface area contributed by atoms with Gasteiger partial charge in [0, 0.05) is 19.3 Å². The largest absolute Gasteiger partial charge is 0.381 e. The molecule has 0 aromatic heterocycles. The molecular weight excluding hydrogens is 224 g/mol. The zero-order valence-corrected chi connectivity index (χ0v) is 12.1. The maximum Gasteiger partial charge on any atom is 0.0468 e. The van der Waals surface area contributed by atoms with Gasteiger partial charge >= 0.3 is 0 Å². The summed E-state index contributed by atoms with van der Waals surface area (Å²) in [6.45, 7) is 6.68. The molecule has 3 N–H and O–H groups in total. The van der Waals surface area contributed by atoms with E-state index in [9.17, 15) is 0 Å². The summed E-state index contributed by atoms with van der Waals surface area (Å²) in [6.07, 6.45) is 9.06. The average molecular weight is 254 g/mol. The minimum atomic E-state index is 0.518. The first-order valence-corrected chi connectivity index (χ1v) is 7.64. The Balaban J connectivity index is 1.81. The molecule has 0 radical (unpaired) electrons. The van der Waals surface area contributed by atoms with Crippen molar-refractivity contribution in [1.82, 2.24) is 5.43 Å². The summed E-state index contributed by atoms with van der Waals surface area (Å²) in [5.74, 6) is 7.40. The Morgan fingerprint density at radius 2 is 1.78 bits per heavy atom. The van der Waals surface area contributed by atoms with Crippen LogP contribution in [0.15, 0.2) is 0 Å². The van der Waals surface area contributed by atoms with Gasteiger partial charge in [-0.05, 0) is 62.2 Å². The van der Waals surface area contributed by atoms with Crippen LogP contribution in [0.3, 0.4) is 0 Å². The van der Waals surface area contributed by atoms with Crippen molar-refractivity contribution in [2.24, 2.45) is 23.1 Å². The highest BCUT2D eigenvalue weighted by Gasteiger charge is 2.32. The van der Waals surface area contributed by atoms with E-state index >= 15 is 0 Å². The van der Waals surface area contributed by atoms with Crippen molar-refractivity contribution in [2.45, 2.75) is 64.8 Å². The van der Waals surface area contributed by atoms with E-state index in [0.717, 1.165) is 25.0 Å². The van der Waals surface area contributed by atoms with E-state index in [1.165, 1.54) is 44.9 Å². The van der Waals surface area contributed by atoms with Crippen molar-refractivity contribution in [1.29, 1.82) is 0 Å². The molecule has 106 valence electrons. The van der Waals surface area contributed by atoms with Gasteiger partial charge in [0.2, 0.25) is 0 Å². The Morgan fingerprint density at radius 3 is 2.33 bits per heavy atom. The average Bonchev–Trinajstić information content (AvgIpc) is 2.38. The van der Waals surface area contributed by atoms with Crippen LogP contribution in [0.5, 0.6) is 0 Å². The summed E-state index contributed by atoms with van der Waals surface area (Å²) < 4.78 is 5.44. The van der Waals surface area contributed by atoms with Gasteiger partial charge in [0.05, 0.1) is 0 Å². The molecule has 0 aromatic carbocycles. The smallest absolute Gasteiger partial charge is 0.0468 e. The Morgan fingerprint density at radius 1 is 1.17 bits per heavy atom. The molecule has 2 fully saturated rings. The van der Waals surface area contributed by atoms with Gasteiger partial charge in [-0.1, -0.05) is 13.8 Å². The number of nitrogens with one attached hydrogen (secondary N) is 1. The van der Waals surface area contributed by atoms with Crippen LogP contribution in [-0.4, -0.2) is 19.3 Å². The molecule has 2 aliphatic rings. The predicted molar refractivity (Wildman–Crippen MR) is 75.0 cm³/mol. The van der Waals surface area contributed by atoms with E-state index in [0.29, 0.717) is 11.5 Å². The minimum Gasteiger partial charge on any atom is -0.381 e. The predicted octanol–water partition coefficient (Wildman–Crippen LogP) is 2.85. The zero-order chi connectivity index (χ0) is 13.0. The second-order valence-corrected chi connectivity index (χ2v) is 7.07. The third-order valence-electron chi connectivity index (χ3n) is 5.10. The molecule has 1 atom stereocenters. The summed E-state index contributed by atoms with van der Waals surface area (Å²) in [4.78, 5) is 0. The van der Waals surface area contributed by atoms with Gasteiger partial charge in [0.25, 0.3) is 0 Å². The standard InChI is InChI=1S/C15H30N2O/c1-15(2)7-3-13(4-8-15)14(17-16)11-12-5-9-18-10-6-12/h12-14,17H,3-11,16H2,1-2H3. The topological polar surface area (TPSA) is 47.3 Å². The Kier molecular flexibility index (Phi) is 5.05. The van der Waals surface area contributed by atoms with Gasteiger partial charge in [-0.15, -0.1) is 0 Å². The normalized spacial score (nSPS) is 28.2. The molecule has 1 heterocycles. The highest BCUT2D eigenvalue weighted by Crippen LogP contribution is 2.40. The highest BCUT2D eigenvalue weighted by atomic mass is 16.5. The quantitative estimate of drug-likeness (QED) is 0.599. The first-order valence-electron chi connectivity index (χ1n) is 7.64. The molecular formula is C15H30N2O. The fourth-order valence-corrected chi connectivity index (χ4v) is 3.56. The Labute approximate surface area is 112 Å². The van der Waals surface area contributed by atoms with Gasteiger partial charge in [0.1, 0.15) is 0 Å². The first-order chi connectivity index (χ1) is 8.61. The lowest BCUT2D eigenvalue weighted by Gasteiger charge is -2.39. The second-order valence-electron chi connectivity index (χ2n) is 7.07. The monoisotopic (exact) mass is 254 g/mol. The minimum absolute atomic E-state index is 0.518. The van der Waals surface area contributed by atoms with Crippen molar-refractivity contribution >= 4 is 0 Å². The lowest BCUT2D eigenvalue weighted by molar-refractivity contribution is 0.0541. The van der Waals surface area contributed by atoms with Crippen LogP contribution < -0.4 is 11.3 Å². The molecule has 2 rings (SSSR count). The Hall–Kier alpha value is -0.120. The summed E-state index contributed by atoms with van der Waals surface area (Å²) in [7, 11) is 0. The zero-order valence-electron chi connectivity index (χ0n) is 12.1. The highest BCUT2D eigenvalue weighted by molar-refractivity contribution is 4.86. The summed E-state index contributed by atoms with van der Waals surface area (Å²) in [5.41, 5.74) is 3.66. The molecule has 1 aliphatic heterocycles. The first kappa shape index (κ1) is 14.3. The molecule has 0 aromatic rings. The van der Waals surface area contributed by atoms with E-state index in [2.05, 4.69) is 19.3 Å². The molecule has 1 saturated heterocycles. The van der Waals surface area contributed by atoms with Crippen LogP contribution in [0.2, 0.25) is 0 Å². The maximum atomic E-state index is 5.81. The lowest BCUT2D eigenvalue weighted by Crippen LogP contribution is -2.44. The van der Waals surface area contributed by atoms with Gasteiger partial charge in [-0.2, -0.15) is 0 Å². The van der Waals surface area contributed by atoms with Crippen LogP contribution >= 0.6 is 0 Å². The molecule has 0 bridgehead atoms. The van der Waals surface area contributed by atoms with E-state index in [-0.39, 0.29) is 0 Å². The molecule has 1 saturated carbocycles. The lowest BCUT2D eigenvalue weighted by atomic mass is 9.70. The van der Waals surface area contributed by atoms with Crippen LogP contribution in [0.1, 0.15) is 58.8 Å². The van der Waals surface area contributed by atoms with Crippen LogP contribution in [0.4, 0.5) is 0 Å². The summed E-state index contributed by atoms with van der Waals surface area (Å²) in [5, 5.41) is 0. The fraction of sp³-hybridized carbons (Fsp3) is 1.00. The molecule has 0 amide bonds. The second kappa shape index (κ2) is 6.36. The van der Waals surface area contributed by atoms with E-state index in [4.69, 9.17) is 10.6 Å². The maximum absolute atomic E-state index is 5.81. The summed E-state index contributed by atoms with van der Waals surface area (Å²) >= 11 is 0. The molecule has 1 aliphatic carbocycles. The summed E-state index contributed by atoms with van der Waals surface area (Å²) in [6, 6.07) is 0.518. The number of nitrogens with two attached hydrogens (primary N) is 1. The van der Waals surface area contributed by atoms with Crippen molar-refractivity contribution in [2.75, 3.05) is 13.2 Å². The van der Waals surface area contributed by atoms with Crippen LogP contribution in [0, 0.1) is 17.3 Å². The van der Waals surface area contributed by atoms with Crippen molar-refractivity contribution < 1.29 is 4.74 Å². The van der Waals surface area contributed by atoms with Crippen molar-refractivity contribution in [3.05, 3.63) is 0 Å². The van der Waals surface area contributed by atoms with Gasteiger partial charge in [-0.3, -0.25) is 11.3 Å². The van der Waals surface area contributed by atoms with E-state index < -0.39 is 0 Å². The van der Waals surface area contributed by atoms with E-state index in [1.54, 1.807) is 0 Å². The van der Waals surface area contributed by atoms with E-state index in [1.807, 2.05) is 0 Å². The van der Waals surface area contributed by atoms with Crippen LogP contribution in [-0.2, 0) is 4.74 Å². The Bertz CT molecular complexity index is 239. The third kappa shape index (κ3) is 3.94. The van der Waals surface area contributed by atoms with Crippen molar-refractivity contribution in [3.8, 4) is 0 Å². The third-order valence-corrected chi connectivity index (χ3v) is 5.10. The molecule has 1 unspecified atom stereocenters. The molecule has 3 nitrogen and oxygen atoms in total. The number of hydrogen-bond acceptors (Lipinski definition) is 3. The number of hydrazine groups is 1. The molecule has 0 spiro atoms. The van der Waals surface area contributed by atoms with Gasteiger partial charge in [0.15, 0.2) is 0 Å². The number of hydrogen-bond donors (Lipinski definition) is 2.